The minimum atomic E-state index is -0.421. The van der Waals surface area contributed by atoms with Crippen LogP contribution in [0.1, 0.15) is 39.7 Å². The molecular formula is C11H20N2O2. The minimum Gasteiger partial charge on any atom is -0.391 e. The topological polar surface area (TPSA) is 47.2 Å². The molecule has 0 radical (unpaired) electrons. The largest absolute Gasteiger partial charge is 0.391 e. The molecule has 0 aromatic carbocycles. The minimum absolute atomic E-state index is 0.0415. The maximum Gasteiger partial charge on any atom is 0.328 e. The van der Waals surface area contributed by atoms with E-state index in [1.165, 1.54) is 0 Å². The third kappa shape index (κ3) is 2.96. The number of hydrogen-bond acceptors (Lipinski definition) is 2. The van der Waals surface area contributed by atoms with Gasteiger partial charge in [0.15, 0.2) is 0 Å². The molecule has 0 aliphatic rings. The summed E-state index contributed by atoms with van der Waals surface area (Å²) in [7, 11) is 0. The first-order chi connectivity index (χ1) is 7.06. The van der Waals surface area contributed by atoms with E-state index in [1.807, 2.05) is 20.8 Å². The molecule has 1 unspecified atom stereocenters. The predicted molar refractivity (Wildman–Crippen MR) is 60.0 cm³/mol. The normalized spacial score (nSPS) is 13.4. The number of aromatic nitrogens is 2. The number of imidazole rings is 1. The molecule has 1 rings (SSSR count). The van der Waals surface area contributed by atoms with Crippen LogP contribution in [0.5, 0.6) is 0 Å². The maximum absolute atomic E-state index is 11.8. The predicted octanol–water partition coefficient (Wildman–Crippen LogP) is 1.39. The third-order valence-corrected chi connectivity index (χ3v) is 2.46. The Kier molecular flexibility index (Phi) is 4.15. The van der Waals surface area contributed by atoms with Crippen molar-refractivity contribution in [1.29, 1.82) is 0 Å². The van der Waals surface area contributed by atoms with E-state index < -0.39 is 6.10 Å². The van der Waals surface area contributed by atoms with Gasteiger partial charge >= 0.3 is 5.69 Å². The van der Waals surface area contributed by atoms with Crippen LogP contribution in [0.3, 0.4) is 0 Å². The summed E-state index contributed by atoms with van der Waals surface area (Å²) < 4.78 is 3.24. The SMILES string of the molecule is CCCC(O)Cn1ccn(C(C)C)c1=O. The molecule has 0 aliphatic carbocycles. The highest BCUT2D eigenvalue weighted by Gasteiger charge is 2.09. The van der Waals surface area contributed by atoms with E-state index in [4.69, 9.17) is 0 Å². The van der Waals surface area contributed by atoms with E-state index in [-0.39, 0.29) is 11.7 Å². The Morgan fingerprint density at radius 3 is 2.53 bits per heavy atom. The van der Waals surface area contributed by atoms with Crippen molar-refractivity contribution in [1.82, 2.24) is 9.13 Å². The summed E-state index contributed by atoms with van der Waals surface area (Å²) in [4.78, 5) is 11.8. The Morgan fingerprint density at radius 1 is 1.40 bits per heavy atom. The van der Waals surface area contributed by atoms with Gasteiger partial charge in [0.25, 0.3) is 0 Å². The summed E-state index contributed by atoms with van der Waals surface area (Å²) >= 11 is 0. The van der Waals surface area contributed by atoms with Gasteiger partial charge in [-0.2, -0.15) is 0 Å². The van der Waals surface area contributed by atoms with Gasteiger partial charge in [0.2, 0.25) is 0 Å². The van der Waals surface area contributed by atoms with E-state index in [1.54, 1.807) is 21.5 Å². The molecule has 0 aliphatic heterocycles. The molecule has 1 heterocycles. The first-order valence-corrected chi connectivity index (χ1v) is 5.51. The smallest absolute Gasteiger partial charge is 0.328 e. The molecule has 1 atom stereocenters. The third-order valence-electron chi connectivity index (χ3n) is 2.46. The molecule has 1 aromatic rings. The highest BCUT2D eigenvalue weighted by atomic mass is 16.3. The lowest BCUT2D eigenvalue weighted by molar-refractivity contribution is 0.142. The van der Waals surface area contributed by atoms with E-state index in [0.717, 1.165) is 12.8 Å². The average Bonchev–Trinajstić information content (AvgIpc) is 2.48. The number of nitrogens with zero attached hydrogens (tertiary/aromatic N) is 2. The van der Waals surface area contributed by atoms with Crippen LogP contribution in [-0.2, 0) is 6.54 Å². The number of aliphatic hydroxyl groups is 1. The van der Waals surface area contributed by atoms with Crippen LogP contribution in [0, 0.1) is 0 Å². The molecule has 4 nitrogen and oxygen atoms in total. The summed E-state index contributed by atoms with van der Waals surface area (Å²) in [5.74, 6) is 0. The number of aliphatic hydroxyl groups excluding tert-OH is 1. The number of hydrogen-bond donors (Lipinski definition) is 1. The van der Waals surface area contributed by atoms with Gasteiger partial charge in [-0.3, -0.25) is 9.13 Å². The van der Waals surface area contributed by atoms with Crippen molar-refractivity contribution in [2.45, 2.75) is 52.3 Å². The Bertz CT molecular complexity index is 352. The Labute approximate surface area is 90.2 Å². The lowest BCUT2D eigenvalue weighted by Gasteiger charge is -2.09. The summed E-state index contributed by atoms with van der Waals surface area (Å²) in [5, 5.41) is 9.61. The fourth-order valence-corrected chi connectivity index (χ4v) is 1.61. The zero-order chi connectivity index (χ0) is 11.4. The van der Waals surface area contributed by atoms with Gasteiger partial charge < -0.3 is 5.11 Å². The lowest BCUT2D eigenvalue weighted by Crippen LogP contribution is -2.29. The van der Waals surface area contributed by atoms with Gasteiger partial charge in [-0.05, 0) is 20.3 Å². The molecular weight excluding hydrogens is 192 g/mol. The quantitative estimate of drug-likeness (QED) is 0.801. The second-order valence-corrected chi connectivity index (χ2v) is 4.18. The van der Waals surface area contributed by atoms with Crippen LogP contribution >= 0.6 is 0 Å². The summed E-state index contributed by atoms with van der Waals surface area (Å²) in [6, 6.07) is 0.169. The van der Waals surface area contributed by atoms with Crippen LogP contribution in [0.2, 0.25) is 0 Å². The summed E-state index contributed by atoms with van der Waals surface area (Å²) in [6.45, 7) is 6.35. The van der Waals surface area contributed by atoms with Crippen molar-refractivity contribution in [2.75, 3.05) is 0 Å². The Hall–Kier alpha value is -1.03. The highest BCUT2D eigenvalue weighted by molar-refractivity contribution is 4.84. The fourth-order valence-electron chi connectivity index (χ4n) is 1.61. The van der Waals surface area contributed by atoms with Crippen LogP contribution < -0.4 is 5.69 Å². The molecule has 0 saturated carbocycles. The molecule has 1 N–H and O–H groups in total. The Morgan fingerprint density at radius 2 is 2.07 bits per heavy atom. The van der Waals surface area contributed by atoms with Crippen molar-refractivity contribution in [2.24, 2.45) is 0 Å². The van der Waals surface area contributed by atoms with Crippen LogP contribution in [0.25, 0.3) is 0 Å². The molecule has 1 aromatic heterocycles. The van der Waals surface area contributed by atoms with Gasteiger partial charge in [0.1, 0.15) is 0 Å². The average molecular weight is 212 g/mol. The second-order valence-electron chi connectivity index (χ2n) is 4.18. The molecule has 0 saturated heterocycles. The molecule has 0 amide bonds. The first-order valence-electron chi connectivity index (χ1n) is 5.51. The Balaban J connectivity index is 2.75. The van der Waals surface area contributed by atoms with E-state index in [9.17, 15) is 9.90 Å². The van der Waals surface area contributed by atoms with Crippen molar-refractivity contribution in [3.05, 3.63) is 22.9 Å². The van der Waals surface area contributed by atoms with Crippen molar-refractivity contribution in [3.8, 4) is 0 Å². The van der Waals surface area contributed by atoms with Crippen molar-refractivity contribution in [3.63, 3.8) is 0 Å². The van der Waals surface area contributed by atoms with Crippen LogP contribution in [0.4, 0.5) is 0 Å². The van der Waals surface area contributed by atoms with E-state index >= 15 is 0 Å². The van der Waals surface area contributed by atoms with E-state index in [2.05, 4.69) is 0 Å². The molecule has 0 bridgehead atoms. The van der Waals surface area contributed by atoms with Gasteiger partial charge in [-0.1, -0.05) is 13.3 Å². The summed E-state index contributed by atoms with van der Waals surface area (Å²) in [5.41, 5.74) is -0.0415. The van der Waals surface area contributed by atoms with Crippen molar-refractivity contribution < 1.29 is 5.11 Å². The molecule has 0 spiro atoms. The maximum atomic E-state index is 11.8. The van der Waals surface area contributed by atoms with Gasteiger partial charge in [-0.25, -0.2) is 4.79 Å². The second kappa shape index (κ2) is 5.16. The van der Waals surface area contributed by atoms with Crippen LogP contribution in [0.15, 0.2) is 17.2 Å². The van der Waals surface area contributed by atoms with Gasteiger partial charge in [0.05, 0.1) is 12.6 Å². The molecule has 4 heteroatoms. The van der Waals surface area contributed by atoms with Gasteiger partial charge in [0, 0.05) is 18.4 Å². The monoisotopic (exact) mass is 212 g/mol. The zero-order valence-electron chi connectivity index (χ0n) is 9.68. The lowest BCUT2D eigenvalue weighted by atomic mass is 10.2. The van der Waals surface area contributed by atoms with Crippen LogP contribution in [-0.4, -0.2) is 20.3 Å². The highest BCUT2D eigenvalue weighted by Crippen LogP contribution is 2.02. The van der Waals surface area contributed by atoms with Crippen molar-refractivity contribution >= 4 is 0 Å². The number of rotatable bonds is 5. The van der Waals surface area contributed by atoms with E-state index in [0.29, 0.717) is 6.54 Å². The molecule has 0 fully saturated rings. The molecule has 15 heavy (non-hydrogen) atoms. The van der Waals surface area contributed by atoms with Gasteiger partial charge in [-0.15, -0.1) is 0 Å². The fraction of sp³-hybridized carbons (Fsp3) is 0.727. The summed E-state index contributed by atoms with van der Waals surface area (Å²) in [6.07, 6.45) is 4.75. The first kappa shape index (κ1) is 12.0. The zero-order valence-corrected chi connectivity index (χ0v) is 9.68. The molecule has 86 valence electrons. The standard InChI is InChI=1S/C11H20N2O2/c1-4-5-10(14)8-12-6-7-13(9(2)3)11(12)15/h6-7,9-10,14H,4-5,8H2,1-3H3.